The fourth-order valence-electron chi connectivity index (χ4n) is 14.3. The van der Waals surface area contributed by atoms with Crippen molar-refractivity contribution in [3.63, 3.8) is 0 Å². The minimum absolute atomic E-state index is 0.222. The Kier molecular flexibility index (Phi) is 12.2. The van der Waals surface area contributed by atoms with E-state index < -0.39 is 57.7 Å². The molecule has 4 saturated heterocycles. The zero-order chi connectivity index (χ0) is 50.0. The highest BCUT2D eigenvalue weighted by Gasteiger charge is 2.67. The van der Waals surface area contributed by atoms with Crippen LogP contribution in [0.5, 0.6) is 0 Å². The van der Waals surface area contributed by atoms with Crippen molar-refractivity contribution in [1.29, 1.82) is 0 Å². The minimum atomic E-state index is -1.64. The minimum Gasteiger partial charge on any atom is -0.465 e. The molecule has 5 heterocycles. The second kappa shape index (κ2) is 18.1. The largest absolute Gasteiger partial charge is 0.465 e. The number of benzene rings is 3. The molecule has 4 bridgehead atoms. The fraction of sp³-hybridized carbons (Fsp3) is 0.453. The first kappa shape index (κ1) is 47.8. The third kappa shape index (κ3) is 7.43. The zero-order valence-electron chi connectivity index (χ0n) is 40.0. The highest BCUT2D eigenvalue weighted by Crippen LogP contribution is 2.58. The van der Waals surface area contributed by atoms with Gasteiger partial charge in [-0.2, -0.15) is 0 Å². The lowest BCUT2D eigenvalue weighted by Crippen LogP contribution is -2.72. The number of hydrogen-bond acceptors (Lipinski definition) is 12. The maximum absolute atomic E-state index is 15.0. The van der Waals surface area contributed by atoms with Crippen molar-refractivity contribution < 1.29 is 43.7 Å². The van der Waals surface area contributed by atoms with Gasteiger partial charge in [0.15, 0.2) is 0 Å². The molecule has 12 rings (SSSR count). The number of rotatable bonds is 13. The number of nitrogens with zero attached hydrogens (tertiary/aromatic N) is 5. The van der Waals surface area contributed by atoms with Gasteiger partial charge in [-0.05, 0) is 104 Å². The topological polar surface area (TPSA) is 254 Å². The lowest BCUT2D eigenvalue weighted by molar-refractivity contribution is -0.144. The van der Waals surface area contributed by atoms with Crippen molar-refractivity contribution in [3.05, 3.63) is 113 Å². The van der Waals surface area contributed by atoms with Crippen LogP contribution in [0.1, 0.15) is 87.5 Å². The lowest BCUT2D eigenvalue weighted by atomic mass is 9.56. The Bertz CT molecular complexity index is 2620. The molecule has 18 heteroatoms. The molecule has 4 aromatic rings. The fourth-order valence-corrected chi connectivity index (χ4v) is 14.3. The lowest BCUT2D eigenvalue weighted by Gasteiger charge is -2.58. The van der Waals surface area contributed by atoms with Gasteiger partial charge < -0.3 is 36.2 Å². The molecule has 4 fully saturated rings. The Morgan fingerprint density at radius 1 is 0.592 bits per heavy atom. The summed E-state index contributed by atoms with van der Waals surface area (Å²) in [4.78, 5) is 94.8. The first-order valence-electron chi connectivity index (χ1n) is 24.6. The monoisotopic (exact) mass is 967 g/mol. The number of anilines is 2. The number of imide groups is 2. The van der Waals surface area contributed by atoms with Crippen LogP contribution in [-0.4, -0.2) is 124 Å². The number of pyridine rings is 1. The van der Waals surface area contributed by atoms with Crippen molar-refractivity contribution in [2.24, 2.45) is 11.5 Å². The van der Waals surface area contributed by atoms with E-state index in [9.17, 15) is 29.4 Å². The maximum Gasteiger partial charge on any atom is 0.411 e. The Labute approximate surface area is 411 Å². The number of aromatic nitrogens is 1. The molecule has 3 aromatic carbocycles. The highest BCUT2D eigenvalue weighted by atomic mass is 16.5. The Morgan fingerprint density at radius 3 is 1.44 bits per heavy atom. The van der Waals surface area contributed by atoms with Crippen molar-refractivity contribution in [2.45, 2.75) is 111 Å². The van der Waals surface area contributed by atoms with Crippen LogP contribution >= 0.6 is 0 Å². The number of likely N-dealkylation sites (tertiary alicyclic amines) is 2. The molecular weight excluding hydrogens is 907 g/mol. The van der Waals surface area contributed by atoms with Crippen LogP contribution in [0.25, 0.3) is 11.1 Å². The van der Waals surface area contributed by atoms with Crippen LogP contribution in [0, 0.1) is 0 Å². The van der Waals surface area contributed by atoms with Crippen LogP contribution in [0.2, 0.25) is 0 Å². The number of nitrogens with one attached hydrogen (secondary N) is 2. The average molecular weight is 968 g/mol. The summed E-state index contributed by atoms with van der Waals surface area (Å²) in [6.45, 7) is 7.30. The molecule has 8 aliphatic rings. The molecule has 0 radical (unpaired) electrons. The van der Waals surface area contributed by atoms with Gasteiger partial charge in [-0.1, -0.05) is 74.5 Å². The summed E-state index contributed by atoms with van der Waals surface area (Å²) in [5.74, 6) is -1.90. The van der Waals surface area contributed by atoms with E-state index in [2.05, 4.69) is 60.6 Å². The van der Waals surface area contributed by atoms with Gasteiger partial charge in [-0.15, -0.1) is 0 Å². The highest BCUT2D eigenvalue weighted by molar-refractivity contribution is 6.01. The molecular formula is C53H61N9O9. The summed E-state index contributed by atoms with van der Waals surface area (Å²) < 4.78 is 5.54. The molecule has 6 amide bonds. The normalized spacial score (nSPS) is 30.1. The quantitative estimate of drug-likeness (QED) is 0.108. The van der Waals surface area contributed by atoms with Crippen LogP contribution in [0.3, 0.4) is 0 Å². The molecule has 71 heavy (non-hydrogen) atoms. The third-order valence-electron chi connectivity index (χ3n) is 17.0. The van der Waals surface area contributed by atoms with Crippen molar-refractivity contribution in [1.82, 2.24) is 25.4 Å². The number of carboxylic acid groups (broad SMARTS) is 2. The summed E-state index contributed by atoms with van der Waals surface area (Å²) in [6, 6.07) is 25.9. The third-order valence-corrected chi connectivity index (χ3v) is 17.0. The number of primary amides is 2. The van der Waals surface area contributed by atoms with Gasteiger partial charge in [0.2, 0.25) is 11.8 Å². The summed E-state index contributed by atoms with van der Waals surface area (Å²) in [6.07, 6.45) is 2.29. The van der Waals surface area contributed by atoms with E-state index in [0.29, 0.717) is 87.1 Å². The number of carbonyl (C=O) groups excluding carboxylic acids is 4. The van der Waals surface area contributed by atoms with Crippen LogP contribution in [0.15, 0.2) is 91.1 Å². The first-order chi connectivity index (χ1) is 34.0. The number of amides is 6. The molecule has 4 aliphatic heterocycles. The Morgan fingerprint density at radius 2 is 1.03 bits per heavy atom. The van der Waals surface area contributed by atoms with E-state index in [0.717, 1.165) is 35.7 Å². The zero-order valence-corrected chi connectivity index (χ0v) is 40.0. The molecule has 0 spiro atoms. The van der Waals surface area contributed by atoms with Gasteiger partial charge in [-0.25, -0.2) is 14.6 Å². The molecule has 4 unspecified atom stereocenters. The van der Waals surface area contributed by atoms with Gasteiger partial charge in [0, 0.05) is 78.4 Å². The summed E-state index contributed by atoms with van der Waals surface area (Å²) in [5, 5.41) is 24.7. The van der Waals surface area contributed by atoms with Crippen molar-refractivity contribution in [3.8, 4) is 11.1 Å². The van der Waals surface area contributed by atoms with E-state index in [4.69, 9.17) is 21.2 Å². The van der Waals surface area contributed by atoms with E-state index in [1.54, 1.807) is 0 Å². The predicted octanol–water partition coefficient (Wildman–Crippen LogP) is 4.52. The molecule has 0 saturated carbocycles. The number of nitrogens with two attached hydrogens (primary N) is 2. The second-order valence-corrected chi connectivity index (χ2v) is 20.5. The standard InChI is InChI=1S/C53H61N9O9/c1-50(29-43(54)63)34-10-14-36(15-11-34)52(50,46(65)57-48(67)68)60-23-3-5-39(60)41-20-21-42(62(41)38-18-7-32(8-19-38)33-9-22-45(56-31-33)59-25-27-71-28-26-59)40-6-4-24-61(40)53(47(66)58-49(69)70)37-16-12-35(13-17-37)51(53,2)30-44(55)64/h7-19,22,31,39-42H,3-6,20-21,23-30H2,1-2H3,(H2,54,63)(H2,55,64)(H,57,65)(H,58,66)(H,67,68)(H,69,70)/t39?,40?,41-,42-,50?,51?,52-,53-/m1/s1. The Balaban J connectivity index is 1.10. The van der Waals surface area contributed by atoms with Crippen LogP contribution < -0.4 is 31.9 Å². The van der Waals surface area contributed by atoms with E-state index in [1.807, 2.05) is 74.6 Å². The maximum atomic E-state index is 15.0. The smallest absolute Gasteiger partial charge is 0.411 e. The molecule has 8 atom stereocenters. The van der Waals surface area contributed by atoms with Crippen molar-refractivity contribution in [2.75, 3.05) is 49.2 Å². The van der Waals surface area contributed by atoms with Gasteiger partial charge in [0.1, 0.15) is 16.9 Å². The first-order valence-corrected chi connectivity index (χ1v) is 24.6. The number of morpholine rings is 1. The summed E-state index contributed by atoms with van der Waals surface area (Å²) in [5.41, 5.74) is 11.5. The van der Waals surface area contributed by atoms with E-state index in [1.165, 1.54) is 0 Å². The van der Waals surface area contributed by atoms with Crippen LogP contribution in [0.4, 0.5) is 21.1 Å². The van der Waals surface area contributed by atoms with Crippen LogP contribution in [-0.2, 0) is 45.8 Å². The van der Waals surface area contributed by atoms with Crippen molar-refractivity contribution >= 4 is 47.3 Å². The number of fused-ring (bicyclic) bond motifs is 6. The van der Waals surface area contributed by atoms with Gasteiger partial charge in [0.05, 0.1) is 13.2 Å². The summed E-state index contributed by atoms with van der Waals surface area (Å²) >= 11 is 0. The predicted molar refractivity (Wildman–Crippen MR) is 262 cm³/mol. The SMILES string of the molecule is CC1(CC(N)=O)c2ccc(cc2)[C@]1(C(=O)NC(=O)O)N1CCCC1[C@H]1CC[C@H](C2CCCN2[C@@]2(C(=O)NC(=O)O)c3ccc(cc3)C2(C)CC(N)=O)N1c1ccc(-c2ccc(N3CCOCC3)nc2)cc1. The molecule has 18 nitrogen and oxygen atoms in total. The molecule has 1 aromatic heterocycles. The van der Waals surface area contributed by atoms with Gasteiger partial charge in [0.25, 0.3) is 11.8 Å². The molecule has 372 valence electrons. The van der Waals surface area contributed by atoms with E-state index >= 15 is 9.59 Å². The molecule has 4 aliphatic carbocycles. The Hall–Kier alpha value is -6.89. The van der Waals surface area contributed by atoms with E-state index in [-0.39, 0.29) is 37.0 Å². The number of ether oxygens (including phenoxy) is 1. The number of carbonyl (C=O) groups is 6. The number of hydrogen-bond donors (Lipinski definition) is 6. The van der Waals surface area contributed by atoms with Gasteiger partial charge in [-0.3, -0.25) is 39.6 Å². The molecule has 8 N–H and O–H groups in total. The van der Waals surface area contributed by atoms with Gasteiger partial charge >= 0.3 is 12.2 Å². The average Bonchev–Trinajstić information content (AvgIpc) is 4.13. The summed E-state index contributed by atoms with van der Waals surface area (Å²) in [7, 11) is 0. The second-order valence-electron chi connectivity index (χ2n) is 20.5.